The van der Waals surface area contributed by atoms with Gasteiger partial charge in [0.25, 0.3) is 5.91 Å². The van der Waals surface area contributed by atoms with Crippen molar-refractivity contribution in [1.82, 2.24) is 5.32 Å². The number of rotatable bonds is 9. The van der Waals surface area contributed by atoms with Gasteiger partial charge < -0.3 is 14.8 Å². The maximum atomic E-state index is 11.9. The van der Waals surface area contributed by atoms with E-state index in [1.165, 1.54) is 0 Å². The van der Waals surface area contributed by atoms with Gasteiger partial charge in [0.05, 0.1) is 6.61 Å². The minimum absolute atomic E-state index is 0.0722. The summed E-state index contributed by atoms with van der Waals surface area (Å²) in [7, 11) is 1.65. The Bertz CT molecular complexity index is 379. The van der Waals surface area contributed by atoms with Crippen molar-refractivity contribution >= 4 is 5.91 Å². The van der Waals surface area contributed by atoms with Crippen LogP contribution in [0.25, 0.3) is 0 Å². The average molecular weight is 265 g/mol. The molecule has 0 aliphatic rings. The van der Waals surface area contributed by atoms with Gasteiger partial charge in [-0.1, -0.05) is 19.4 Å². The zero-order chi connectivity index (χ0) is 13.9. The van der Waals surface area contributed by atoms with E-state index in [0.717, 1.165) is 25.0 Å². The molecule has 0 saturated heterocycles. The van der Waals surface area contributed by atoms with E-state index in [1.54, 1.807) is 19.2 Å². The molecule has 4 heteroatoms. The Morgan fingerprint density at radius 1 is 1.26 bits per heavy atom. The predicted octanol–water partition coefficient (Wildman–Crippen LogP) is 2.63. The Hall–Kier alpha value is -1.55. The summed E-state index contributed by atoms with van der Waals surface area (Å²) >= 11 is 0. The summed E-state index contributed by atoms with van der Waals surface area (Å²) in [4.78, 5) is 11.9. The highest BCUT2D eigenvalue weighted by Crippen LogP contribution is 2.13. The fourth-order valence-electron chi connectivity index (χ4n) is 1.58. The molecular formula is C15H23NO3. The van der Waals surface area contributed by atoms with Gasteiger partial charge in [-0.25, -0.2) is 0 Å². The Kier molecular flexibility index (Phi) is 7.66. The van der Waals surface area contributed by atoms with Gasteiger partial charge in [-0.2, -0.15) is 0 Å². The molecule has 0 spiro atoms. The lowest BCUT2D eigenvalue weighted by molar-refractivity contribution is 0.0948. The van der Waals surface area contributed by atoms with E-state index in [1.807, 2.05) is 12.1 Å². The highest BCUT2D eigenvalue weighted by molar-refractivity contribution is 5.94. The summed E-state index contributed by atoms with van der Waals surface area (Å²) in [6.07, 6.45) is 2.93. The molecule has 0 aliphatic carbocycles. The second-order valence-electron chi connectivity index (χ2n) is 4.33. The largest absolute Gasteiger partial charge is 0.494 e. The molecule has 1 aromatic rings. The molecule has 0 fully saturated rings. The van der Waals surface area contributed by atoms with Gasteiger partial charge in [0.1, 0.15) is 5.75 Å². The number of ether oxygens (including phenoxy) is 2. The van der Waals surface area contributed by atoms with Crippen LogP contribution in [0.5, 0.6) is 5.75 Å². The number of benzene rings is 1. The zero-order valence-electron chi connectivity index (χ0n) is 11.8. The van der Waals surface area contributed by atoms with E-state index in [4.69, 9.17) is 9.47 Å². The molecule has 0 aromatic heterocycles. The van der Waals surface area contributed by atoms with Crippen molar-refractivity contribution in [3.63, 3.8) is 0 Å². The van der Waals surface area contributed by atoms with Crippen LogP contribution in [-0.4, -0.2) is 32.8 Å². The number of hydrogen-bond donors (Lipinski definition) is 1. The molecule has 0 radical (unpaired) electrons. The molecule has 0 heterocycles. The van der Waals surface area contributed by atoms with Gasteiger partial charge in [0.2, 0.25) is 0 Å². The fourth-order valence-corrected chi connectivity index (χ4v) is 1.58. The van der Waals surface area contributed by atoms with Crippen LogP contribution in [-0.2, 0) is 4.74 Å². The molecule has 0 bridgehead atoms. The molecule has 0 saturated carbocycles. The highest BCUT2D eigenvalue weighted by Gasteiger charge is 2.05. The monoisotopic (exact) mass is 265 g/mol. The molecule has 0 unspecified atom stereocenters. The number of carbonyl (C=O) groups is 1. The standard InChI is InChI=1S/C15H23NO3/c1-3-4-11-19-14-8-5-7-13(12-14)15(17)16-9-6-10-18-2/h5,7-8,12H,3-4,6,9-11H2,1-2H3,(H,16,17). The number of amides is 1. The Morgan fingerprint density at radius 3 is 2.84 bits per heavy atom. The summed E-state index contributed by atoms with van der Waals surface area (Å²) in [5.74, 6) is 0.676. The lowest BCUT2D eigenvalue weighted by Gasteiger charge is -2.08. The Labute approximate surface area is 115 Å². The van der Waals surface area contributed by atoms with Gasteiger partial charge in [0, 0.05) is 25.8 Å². The first-order valence-electron chi connectivity index (χ1n) is 6.78. The van der Waals surface area contributed by atoms with E-state index in [-0.39, 0.29) is 5.91 Å². The predicted molar refractivity (Wildman–Crippen MR) is 75.7 cm³/mol. The first kappa shape index (κ1) is 15.5. The zero-order valence-corrected chi connectivity index (χ0v) is 11.8. The van der Waals surface area contributed by atoms with Crippen LogP contribution in [0.1, 0.15) is 36.5 Å². The van der Waals surface area contributed by atoms with Crippen LogP contribution < -0.4 is 10.1 Å². The third kappa shape index (κ3) is 6.25. The number of hydrogen-bond acceptors (Lipinski definition) is 3. The van der Waals surface area contributed by atoms with Gasteiger partial charge in [-0.05, 0) is 31.0 Å². The van der Waals surface area contributed by atoms with E-state index in [2.05, 4.69) is 12.2 Å². The molecule has 106 valence electrons. The van der Waals surface area contributed by atoms with E-state index in [0.29, 0.717) is 25.3 Å². The van der Waals surface area contributed by atoms with Crippen LogP contribution in [0.15, 0.2) is 24.3 Å². The SMILES string of the molecule is CCCCOc1cccc(C(=O)NCCCOC)c1. The van der Waals surface area contributed by atoms with Crippen LogP contribution in [0.3, 0.4) is 0 Å². The summed E-state index contributed by atoms with van der Waals surface area (Å²) in [6.45, 7) is 4.08. The molecule has 0 atom stereocenters. The van der Waals surface area contributed by atoms with Crippen molar-refractivity contribution < 1.29 is 14.3 Å². The summed E-state index contributed by atoms with van der Waals surface area (Å²) < 4.78 is 10.5. The number of methoxy groups -OCH3 is 1. The van der Waals surface area contributed by atoms with Gasteiger partial charge >= 0.3 is 0 Å². The molecule has 1 aromatic carbocycles. The molecule has 0 aliphatic heterocycles. The van der Waals surface area contributed by atoms with Gasteiger partial charge in [-0.15, -0.1) is 0 Å². The van der Waals surface area contributed by atoms with Crippen molar-refractivity contribution in [2.75, 3.05) is 26.9 Å². The number of carbonyl (C=O) groups excluding carboxylic acids is 1. The minimum atomic E-state index is -0.0722. The van der Waals surface area contributed by atoms with Crippen molar-refractivity contribution in [1.29, 1.82) is 0 Å². The van der Waals surface area contributed by atoms with Crippen molar-refractivity contribution in [3.05, 3.63) is 29.8 Å². The van der Waals surface area contributed by atoms with Crippen LogP contribution in [0.4, 0.5) is 0 Å². The van der Waals surface area contributed by atoms with Crippen molar-refractivity contribution in [3.8, 4) is 5.75 Å². The first-order valence-corrected chi connectivity index (χ1v) is 6.78. The van der Waals surface area contributed by atoms with E-state index in [9.17, 15) is 4.79 Å². The number of unbranched alkanes of at least 4 members (excludes halogenated alkanes) is 1. The second kappa shape index (κ2) is 9.39. The van der Waals surface area contributed by atoms with Gasteiger partial charge in [0.15, 0.2) is 0 Å². The Morgan fingerprint density at radius 2 is 2.11 bits per heavy atom. The normalized spacial score (nSPS) is 10.2. The molecular weight excluding hydrogens is 242 g/mol. The molecule has 1 amide bonds. The van der Waals surface area contributed by atoms with Crippen molar-refractivity contribution in [2.24, 2.45) is 0 Å². The van der Waals surface area contributed by atoms with Crippen molar-refractivity contribution in [2.45, 2.75) is 26.2 Å². The molecule has 1 N–H and O–H groups in total. The summed E-state index contributed by atoms with van der Waals surface area (Å²) in [5.41, 5.74) is 0.631. The minimum Gasteiger partial charge on any atom is -0.494 e. The van der Waals surface area contributed by atoms with Gasteiger partial charge in [-0.3, -0.25) is 4.79 Å². The molecule has 19 heavy (non-hydrogen) atoms. The second-order valence-corrected chi connectivity index (χ2v) is 4.33. The maximum Gasteiger partial charge on any atom is 0.251 e. The average Bonchev–Trinajstić information content (AvgIpc) is 2.44. The van der Waals surface area contributed by atoms with E-state index < -0.39 is 0 Å². The number of nitrogens with one attached hydrogen (secondary N) is 1. The highest BCUT2D eigenvalue weighted by atomic mass is 16.5. The molecule has 1 rings (SSSR count). The van der Waals surface area contributed by atoms with Crippen LogP contribution in [0, 0.1) is 0 Å². The molecule has 4 nitrogen and oxygen atoms in total. The fraction of sp³-hybridized carbons (Fsp3) is 0.533. The van der Waals surface area contributed by atoms with Crippen LogP contribution in [0.2, 0.25) is 0 Å². The third-order valence-electron chi connectivity index (χ3n) is 2.67. The topological polar surface area (TPSA) is 47.6 Å². The summed E-state index contributed by atoms with van der Waals surface area (Å²) in [6, 6.07) is 7.28. The lowest BCUT2D eigenvalue weighted by atomic mass is 10.2. The van der Waals surface area contributed by atoms with Crippen LogP contribution >= 0.6 is 0 Å². The smallest absolute Gasteiger partial charge is 0.251 e. The van der Waals surface area contributed by atoms with E-state index >= 15 is 0 Å². The lowest BCUT2D eigenvalue weighted by Crippen LogP contribution is -2.25. The summed E-state index contributed by atoms with van der Waals surface area (Å²) in [5, 5.41) is 2.85. The third-order valence-corrected chi connectivity index (χ3v) is 2.67. The maximum absolute atomic E-state index is 11.9. The first-order chi connectivity index (χ1) is 9.27. The quantitative estimate of drug-likeness (QED) is 0.698. The Balaban J connectivity index is 2.43.